The number of urea groups is 1. The summed E-state index contributed by atoms with van der Waals surface area (Å²) < 4.78 is 10.6. The predicted molar refractivity (Wildman–Crippen MR) is 81.9 cm³/mol. The Bertz CT molecular complexity index is 616. The molecule has 1 aromatic carbocycles. The van der Waals surface area contributed by atoms with Gasteiger partial charge in [-0.1, -0.05) is 12.1 Å². The number of hydrogen-bond acceptors (Lipinski definition) is 5. The van der Waals surface area contributed by atoms with Crippen LogP contribution >= 0.6 is 0 Å². The van der Waals surface area contributed by atoms with E-state index < -0.39 is 30.1 Å². The Morgan fingerprint density at radius 1 is 1.26 bits per heavy atom. The van der Waals surface area contributed by atoms with Crippen molar-refractivity contribution in [3.63, 3.8) is 0 Å². The Morgan fingerprint density at radius 2 is 2.00 bits per heavy atom. The number of aryl methyl sites for hydroxylation is 1. The van der Waals surface area contributed by atoms with E-state index >= 15 is 0 Å². The van der Waals surface area contributed by atoms with Gasteiger partial charge in [0.15, 0.2) is 12.2 Å². The minimum atomic E-state index is -1.05. The molecule has 7 heteroatoms. The topological polar surface area (TPSA) is 84.9 Å². The van der Waals surface area contributed by atoms with Gasteiger partial charge in [-0.3, -0.25) is 9.69 Å². The minimum Gasteiger partial charge on any atom is -0.479 e. The Labute approximate surface area is 134 Å². The number of benzene rings is 1. The Morgan fingerprint density at radius 3 is 2.61 bits per heavy atom. The average molecular weight is 320 g/mol. The molecule has 2 atom stereocenters. The van der Waals surface area contributed by atoms with Gasteiger partial charge >= 0.3 is 12.0 Å². The lowest BCUT2D eigenvalue weighted by Gasteiger charge is -2.20. The summed E-state index contributed by atoms with van der Waals surface area (Å²) in [5.41, 5.74) is 1.01. The summed E-state index contributed by atoms with van der Waals surface area (Å²) in [6, 6.07) is 6.80. The fourth-order valence-electron chi connectivity index (χ4n) is 2.16. The van der Waals surface area contributed by atoms with E-state index in [1.165, 1.54) is 6.92 Å². The maximum absolute atomic E-state index is 12.1. The third-order valence-electron chi connectivity index (χ3n) is 3.40. The smallest absolute Gasteiger partial charge is 0.347 e. The van der Waals surface area contributed by atoms with Crippen molar-refractivity contribution in [1.29, 1.82) is 0 Å². The van der Waals surface area contributed by atoms with Gasteiger partial charge in [0.05, 0.1) is 0 Å². The second kappa shape index (κ2) is 7.13. The molecular weight excluding hydrogens is 300 g/mol. The van der Waals surface area contributed by atoms with Crippen LogP contribution in [0.2, 0.25) is 0 Å². The monoisotopic (exact) mass is 320 g/mol. The zero-order valence-electron chi connectivity index (χ0n) is 13.4. The highest BCUT2D eigenvalue weighted by atomic mass is 16.6. The van der Waals surface area contributed by atoms with Crippen LogP contribution in [-0.4, -0.2) is 48.1 Å². The van der Waals surface area contributed by atoms with Crippen LogP contribution in [-0.2, 0) is 14.3 Å². The highest BCUT2D eigenvalue weighted by molar-refractivity contribution is 5.98. The Kier molecular flexibility index (Phi) is 5.20. The van der Waals surface area contributed by atoms with Gasteiger partial charge in [-0.2, -0.15) is 0 Å². The van der Waals surface area contributed by atoms with E-state index in [9.17, 15) is 14.4 Å². The van der Waals surface area contributed by atoms with Crippen molar-refractivity contribution >= 4 is 17.9 Å². The molecular formula is C16H20N2O5. The summed E-state index contributed by atoms with van der Waals surface area (Å²) in [5.74, 6) is -0.657. The van der Waals surface area contributed by atoms with E-state index in [1.807, 2.05) is 19.1 Å². The van der Waals surface area contributed by atoms with Crippen molar-refractivity contribution in [2.24, 2.45) is 0 Å². The largest absolute Gasteiger partial charge is 0.479 e. The molecule has 3 amide bonds. The maximum atomic E-state index is 12.1. The second-order valence-corrected chi connectivity index (χ2v) is 5.38. The quantitative estimate of drug-likeness (QED) is 0.825. The molecule has 0 radical (unpaired) electrons. The van der Waals surface area contributed by atoms with Gasteiger partial charge in [0.2, 0.25) is 0 Å². The van der Waals surface area contributed by atoms with Gasteiger partial charge in [0.1, 0.15) is 5.75 Å². The van der Waals surface area contributed by atoms with Crippen LogP contribution in [0.15, 0.2) is 24.3 Å². The molecule has 1 heterocycles. The predicted octanol–water partition coefficient (Wildman–Crippen LogP) is 1.25. The fraction of sp³-hybridized carbons (Fsp3) is 0.438. The lowest BCUT2D eigenvalue weighted by Crippen LogP contribution is -2.43. The minimum absolute atomic E-state index is 0.273. The highest BCUT2D eigenvalue weighted by Gasteiger charge is 2.32. The molecule has 1 N–H and O–H groups in total. The molecule has 1 aromatic rings. The molecule has 0 aromatic heterocycles. The first kappa shape index (κ1) is 16.8. The number of esters is 1. The number of hydrogen-bond donors (Lipinski definition) is 1. The molecule has 2 rings (SSSR count). The van der Waals surface area contributed by atoms with E-state index in [-0.39, 0.29) is 6.54 Å². The number of nitrogens with one attached hydrogen (secondary N) is 1. The van der Waals surface area contributed by atoms with Crippen LogP contribution in [0.3, 0.4) is 0 Å². The maximum Gasteiger partial charge on any atom is 0.347 e. The number of carbonyl (C=O) groups is 3. The molecule has 0 bridgehead atoms. The molecule has 23 heavy (non-hydrogen) atoms. The molecule has 124 valence electrons. The molecule has 0 unspecified atom stereocenters. The molecule has 1 saturated heterocycles. The standard InChI is InChI=1S/C16H20N2O5/c1-10-5-4-6-13(9-10)22-12(3)15(20)23-11(2)14(19)18-8-7-17-16(18)21/h4-6,9,11-12H,7-8H2,1-3H3,(H,17,21)/t11-,12-/m1/s1. The highest BCUT2D eigenvalue weighted by Crippen LogP contribution is 2.15. The average Bonchev–Trinajstić information content (AvgIpc) is 2.92. The van der Waals surface area contributed by atoms with Gasteiger partial charge < -0.3 is 14.8 Å². The van der Waals surface area contributed by atoms with Gasteiger partial charge in [0, 0.05) is 13.1 Å². The summed E-state index contributed by atoms with van der Waals surface area (Å²) in [6.07, 6.45) is -1.91. The van der Waals surface area contributed by atoms with Gasteiger partial charge in [-0.15, -0.1) is 0 Å². The van der Waals surface area contributed by atoms with E-state index in [0.717, 1.165) is 10.5 Å². The first-order valence-corrected chi connectivity index (χ1v) is 7.41. The Balaban J connectivity index is 1.89. The zero-order valence-corrected chi connectivity index (χ0v) is 13.4. The van der Waals surface area contributed by atoms with Gasteiger partial charge in [0.25, 0.3) is 5.91 Å². The van der Waals surface area contributed by atoms with Crippen molar-refractivity contribution in [2.75, 3.05) is 13.1 Å². The first-order valence-electron chi connectivity index (χ1n) is 7.41. The number of ether oxygens (including phenoxy) is 2. The number of rotatable bonds is 5. The molecule has 1 fully saturated rings. The lowest BCUT2D eigenvalue weighted by atomic mass is 10.2. The van der Waals surface area contributed by atoms with E-state index in [4.69, 9.17) is 9.47 Å². The number of amides is 3. The number of nitrogens with zero attached hydrogens (tertiary/aromatic N) is 1. The van der Waals surface area contributed by atoms with Crippen LogP contribution in [0.25, 0.3) is 0 Å². The third kappa shape index (κ3) is 4.21. The summed E-state index contributed by atoms with van der Waals surface area (Å²) >= 11 is 0. The summed E-state index contributed by atoms with van der Waals surface area (Å²) in [5, 5.41) is 2.52. The fourth-order valence-corrected chi connectivity index (χ4v) is 2.16. The molecule has 1 aliphatic rings. The number of carbonyl (C=O) groups excluding carboxylic acids is 3. The second-order valence-electron chi connectivity index (χ2n) is 5.38. The lowest BCUT2D eigenvalue weighted by molar-refractivity contribution is -0.163. The summed E-state index contributed by atoms with van der Waals surface area (Å²) in [7, 11) is 0. The Hall–Kier alpha value is -2.57. The van der Waals surface area contributed by atoms with Crippen molar-refractivity contribution < 1.29 is 23.9 Å². The normalized spacial score (nSPS) is 16.5. The van der Waals surface area contributed by atoms with E-state index in [1.54, 1.807) is 19.1 Å². The van der Waals surface area contributed by atoms with E-state index in [0.29, 0.717) is 12.3 Å². The SMILES string of the molecule is Cc1cccc(O[C@H](C)C(=O)O[C@H](C)C(=O)N2CCNC2=O)c1. The van der Waals surface area contributed by atoms with Gasteiger partial charge in [-0.25, -0.2) is 9.59 Å². The molecule has 0 saturated carbocycles. The molecule has 7 nitrogen and oxygen atoms in total. The van der Waals surface area contributed by atoms with Crippen LogP contribution in [0.5, 0.6) is 5.75 Å². The van der Waals surface area contributed by atoms with Crippen molar-refractivity contribution in [2.45, 2.75) is 33.0 Å². The molecule has 1 aliphatic heterocycles. The first-order chi connectivity index (χ1) is 10.9. The summed E-state index contributed by atoms with van der Waals surface area (Å²) in [6.45, 7) is 5.57. The van der Waals surface area contributed by atoms with Crippen molar-refractivity contribution in [3.05, 3.63) is 29.8 Å². The van der Waals surface area contributed by atoms with Gasteiger partial charge in [-0.05, 0) is 38.5 Å². The van der Waals surface area contributed by atoms with Crippen LogP contribution in [0.1, 0.15) is 19.4 Å². The van der Waals surface area contributed by atoms with E-state index in [2.05, 4.69) is 5.32 Å². The van der Waals surface area contributed by atoms with Crippen LogP contribution < -0.4 is 10.1 Å². The number of imide groups is 1. The summed E-state index contributed by atoms with van der Waals surface area (Å²) in [4.78, 5) is 36.6. The zero-order chi connectivity index (χ0) is 17.0. The third-order valence-corrected chi connectivity index (χ3v) is 3.40. The molecule has 0 aliphatic carbocycles. The van der Waals surface area contributed by atoms with Crippen LogP contribution in [0, 0.1) is 6.92 Å². The van der Waals surface area contributed by atoms with Crippen molar-refractivity contribution in [3.8, 4) is 5.75 Å². The van der Waals surface area contributed by atoms with Crippen LogP contribution in [0.4, 0.5) is 4.79 Å². The van der Waals surface area contributed by atoms with Crippen molar-refractivity contribution in [1.82, 2.24) is 10.2 Å². The molecule has 0 spiro atoms.